The van der Waals surface area contributed by atoms with E-state index in [1.165, 1.54) is 6.20 Å². The third-order valence-electron chi connectivity index (χ3n) is 4.38. The Morgan fingerprint density at radius 3 is 3.00 bits per heavy atom. The number of aliphatic hydroxyl groups is 1. The van der Waals surface area contributed by atoms with Crippen molar-refractivity contribution < 1.29 is 14.6 Å². The lowest BCUT2D eigenvalue weighted by Gasteiger charge is -2.38. The van der Waals surface area contributed by atoms with Gasteiger partial charge in [0.25, 0.3) is 0 Å². The van der Waals surface area contributed by atoms with Gasteiger partial charge in [0.15, 0.2) is 6.29 Å². The summed E-state index contributed by atoms with van der Waals surface area (Å²) in [4.78, 5) is 4.07. The standard InChI is InChI=1S/C15H16Cl2N4O3/c16-9-5-20-21(6-9)13-14(22)12(11-7-23-15(13)24-11)19-4-8-3-18-2-1-10(8)17/h1-3,5-6,11-15,19,22H,4,7H2. The summed E-state index contributed by atoms with van der Waals surface area (Å²) in [5, 5.41) is 19.5. The highest BCUT2D eigenvalue weighted by Gasteiger charge is 2.51. The van der Waals surface area contributed by atoms with E-state index in [1.54, 1.807) is 29.3 Å². The van der Waals surface area contributed by atoms with Gasteiger partial charge in [-0.25, -0.2) is 0 Å². The van der Waals surface area contributed by atoms with E-state index in [-0.39, 0.29) is 12.1 Å². The summed E-state index contributed by atoms with van der Waals surface area (Å²) in [5.41, 5.74) is 0.853. The van der Waals surface area contributed by atoms with Gasteiger partial charge >= 0.3 is 0 Å². The lowest BCUT2D eigenvalue weighted by molar-refractivity contribution is -0.168. The van der Waals surface area contributed by atoms with Crippen LogP contribution in [0.1, 0.15) is 11.6 Å². The van der Waals surface area contributed by atoms with Gasteiger partial charge in [-0.15, -0.1) is 0 Å². The van der Waals surface area contributed by atoms with E-state index in [4.69, 9.17) is 32.7 Å². The van der Waals surface area contributed by atoms with Crippen molar-refractivity contribution in [3.8, 4) is 0 Å². The molecular formula is C15H16Cl2N4O3. The molecule has 0 aliphatic carbocycles. The van der Waals surface area contributed by atoms with Gasteiger partial charge in [-0.3, -0.25) is 9.67 Å². The molecule has 0 aromatic carbocycles. The van der Waals surface area contributed by atoms with Crippen molar-refractivity contribution in [2.24, 2.45) is 0 Å². The molecule has 4 heterocycles. The highest BCUT2D eigenvalue weighted by atomic mass is 35.5. The summed E-state index contributed by atoms with van der Waals surface area (Å²) in [6.07, 6.45) is 4.98. The molecule has 7 nitrogen and oxygen atoms in total. The van der Waals surface area contributed by atoms with Crippen LogP contribution in [0.2, 0.25) is 10.0 Å². The second-order valence-electron chi connectivity index (χ2n) is 5.87. The SMILES string of the molecule is OC1C(NCc2cnccc2Cl)C2COC(O2)C1n1cc(Cl)cn1. The predicted octanol–water partition coefficient (Wildman–Crippen LogP) is 1.40. The lowest BCUT2D eigenvalue weighted by Crippen LogP contribution is -2.57. The molecule has 2 aromatic heterocycles. The summed E-state index contributed by atoms with van der Waals surface area (Å²) in [5.74, 6) is 0. The smallest absolute Gasteiger partial charge is 0.183 e. The summed E-state index contributed by atoms with van der Waals surface area (Å²) in [7, 11) is 0. The van der Waals surface area contributed by atoms with Crippen LogP contribution in [0.3, 0.4) is 0 Å². The van der Waals surface area contributed by atoms with Crippen LogP contribution in [-0.2, 0) is 16.0 Å². The third-order valence-corrected chi connectivity index (χ3v) is 4.94. The Kier molecular flexibility index (Phi) is 4.46. The molecule has 2 saturated heterocycles. The Hall–Kier alpha value is -1.22. The predicted molar refractivity (Wildman–Crippen MR) is 86.8 cm³/mol. The van der Waals surface area contributed by atoms with Gasteiger partial charge in [0, 0.05) is 35.7 Å². The van der Waals surface area contributed by atoms with Crippen LogP contribution in [0.5, 0.6) is 0 Å². The topological polar surface area (TPSA) is 81.4 Å². The first kappa shape index (κ1) is 16.3. The van der Waals surface area contributed by atoms with Gasteiger partial charge in [0.2, 0.25) is 0 Å². The number of nitrogens with zero attached hydrogens (tertiary/aromatic N) is 3. The molecule has 2 bridgehead atoms. The first-order valence-electron chi connectivity index (χ1n) is 7.60. The first-order chi connectivity index (χ1) is 11.6. The second kappa shape index (κ2) is 6.59. The van der Waals surface area contributed by atoms with Gasteiger partial charge in [-0.1, -0.05) is 23.2 Å². The van der Waals surface area contributed by atoms with Gasteiger partial charge in [-0.2, -0.15) is 5.10 Å². The number of hydrogen-bond acceptors (Lipinski definition) is 6. The van der Waals surface area contributed by atoms with Crippen LogP contribution in [0.15, 0.2) is 30.9 Å². The number of ether oxygens (including phenoxy) is 2. The van der Waals surface area contributed by atoms with E-state index in [1.807, 2.05) is 0 Å². The number of hydrogen-bond donors (Lipinski definition) is 2. The van der Waals surface area contributed by atoms with Gasteiger partial charge < -0.3 is 19.9 Å². The van der Waals surface area contributed by atoms with Gasteiger partial charge in [0.05, 0.1) is 30.0 Å². The molecule has 4 rings (SSSR count). The van der Waals surface area contributed by atoms with E-state index in [9.17, 15) is 5.11 Å². The highest BCUT2D eigenvalue weighted by molar-refractivity contribution is 6.31. The van der Waals surface area contributed by atoms with Crippen molar-refractivity contribution in [1.29, 1.82) is 0 Å². The number of aromatic nitrogens is 3. The minimum atomic E-state index is -0.748. The number of halogens is 2. The quantitative estimate of drug-likeness (QED) is 0.846. The number of pyridine rings is 1. The molecule has 2 aliphatic rings. The number of nitrogens with one attached hydrogen (secondary N) is 1. The maximum absolute atomic E-state index is 10.8. The zero-order valence-electron chi connectivity index (χ0n) is 12.5. The first-order valence-corrected chi connectivity index (χ1v) is 8.35. The van der Waals surface area contributed by atoms with Crippen molar-refractivity contribution in [3.05, 3.63) is 46.5 Å². The Bertz CT molecular complexity index is 728. The average molecular weight is 371 g/mol. The maximum atomic E-state index is 10.8. The van der Waals surface area contributed by atoms with E-state index < -0.39 is 18.4 Å². The molecule has 0 saturated carbocycles. The lowest BCUT2D eigenvalue weighted by atomic mass is 9.96. The molecular weight excluding hydrogens is 355 g/mol. The second-order valence-corrected chi connectivity index (χ2v) is 6.71. The minimum absolute atomic E-state index is 0.234. The molecule has 0 radical (unpaired) electrons. The highest BCUT2D eigenvalue weighted by Crippen LogP contribution is 2.36. The third kappa shape index (κ3) is 2.92. The molecule has 2 N–H and O–H groups in total. The monoisotopic (exact) mass is 370 g/mol. The Labute approximate surface area is 148 Å². The molecule has 9 heteroatoms. The maximum Gasteiger partial charge on any atom is 0.183 e. The van der Waals surface area contributed by atoms with Crippen LogP contribution >= 0.6 is 23.2 Å². The molecule has 24 heavy (non-hydrogen) atoms. The number of fused-ring (bicyclic) bond motifs is 2. The van der Waals surface area contributed by atoms with Crippen molar-refractivity contribution in [3.63, 3.8) is 0 Å². The van der Waals surface area contributed by atoms with Crippen LogP contribution in [0, 0.1) is 0 Å². The molecule has 128 valence electrons. The largest absolute Gasteiger partial charge is 0.389 e. The Balaban J connectivity index is 1.53. The zero-order chi connectivity index (χ0) is 16.7. The van der Waals surface area contributed by atoms with Crippen LogP contribution in [-0.4, -0.2) is 51.0 Å². The van der Waals surface area contributed by atoms with Crippen LogP contribution < -0.4 is 5.32 Å². The van der Waals surface area contributed by atoms with Gasteiger partial charge in [-0.05, 0) is 6.07 Å². The zero-order valence-corrected chi connectivity index (χ0v) is 14.1. The molecule has 0 amide bonds. The Morgan fingerprint density at radius 2 is 2.25 bits per heavy atom. The average Bonchev–Trinajstić information content (AvgIpc) is 3.17. The van der Waals surface area contributed by atoms with E-state index in [0.717, 1.165) is 5.56 Å². The normalized spacial score (nSPS) is 32.2. The molecule has 5 unspecified atom stereocenters. The van der Waals surface area contributed by atoms with Crippen LogP contribution in [0.25, 0.3) is 0 Å². The molecule has 0 spiro atoms. The van der Waals surface area contributed by atoms with Crippen molar-refractivity contribution >= 4 is 23.2 Å². The van der Waals surface area contributed by atoms with E-state index >= 15 is 0 Å². The molecule has 5 atom stereocenters. The Morgan fingerprint density at radius 1 is 1.38 bits per heavy atom. The molecule has 2 fully saturated rings. The summed E-state index contributed by atoms with van der Waals surface area (Å²) < 4.78 is 13.1. The summed E-state index contributed by atoms with van der Waals surface area (Å²) in [6, 6.07) is 0.932. The molecule has 2 aliphatic heterocycles. The fraction of sp³-hybridized carbons (Fsp3) is 0.467. The number of rotatable bonds is 4. The fourth-order valence-corrected chi connectivity index (χ4v) is 3.50. The minimum Gasteiger partial charge on any atom is -0.389 e. The fourth-order valence-electron chi connectivity index (χ4n) is 3.18. The van der Waals surface area contributed by atoms with Crippen molar-refractivity contribution in [2.75, 3.05) is 6.61 Å². The van der Waals surface area contributed by atoms with Crippen LogP contribution in [0.4, 0.5) is 0 Å². The van der Waals surface area contributed by atoms with Gasteiger partial charge in [0.1, 0.15) is 12.1 Å². The van der Waals surface area contributed by atoms with Crippen molar-refractivity contribution in [2.45, 2.75) is 37.1 Å². The number of aliphatic hydroxyl groups excluding tert-OH is 1. The van der Waals surface area contributed by atoms with E-state index in [2.05, 4.69) is 15.4 Å². The molecule has 2 aromatic rings. The van der Waals surface area contributed by atoms with Crippen molar-refractivity contribution in [1.82, 2.24) is 20.1 Å². The summed E-state index contributed by atoms with van der Waals surface area (Å²) in [6.45, 7) is 0.872. The summed E-state index contributed by atoms with van der Waals surface area (Å²) >= 11 is 12.1. The van der Waals surface area contributed by atoms with E-state index in [0.29, 0.717) is 23.2 Å².